The maximum Gasteiger partial charge on any atom is 0.256 e. The van der Waals surface area contributed by atoms with E-state index in [9.17, 15) is 9.18 Å². The van der Waals surface area contributed by atoms with Gasteiger partial charge in [0.15, 0.2) is 0 Å². The predicted molar refractivity (Wildman–Crippen MR) is 94.7 cm³/mol. The lowest BCUT2D eigenvalue weighted by Gasteiger charge is -2.27. The lowest BCUT2D eigenvalue weighted by molar-refractivity contribution is 0.0725. The molecule has 126 valence electrons. The van der Waals surface area contributed by atoms with Gasteiger partial charge < -0.3 is 4.90 Å². The van der Waals surface area contributed by atoms with Gasteiger partial charge in [-0.1, -0.05) is 6.07 Å². The van der Waals surface area contributed by atoms with Crippen LogP contribution in [0.3, 0.4) is 0 Å². The molecule has 3 aromatic rings. The highest BCUT2D eigenvalue weighted by Gasteiger charge is 2.22. The highest BCUT2D eigenvalue weighted by Crippen LogP contribution is 2.26. The van der Waals surface area contributed by atoms with Gasteiger partial charge in [-0.2, -0.15) is 0 Å². The number of carbonyl (C=O) groups is 1. The second-order valence-corrected chi connectivity index (χ2v) is 6.28. The van der Waals surface area contributed by atoms with Crippen LogP contribution < -0.4 is 0 Å². The smallest absolute Gasteiger partial charge is 0.256 e. The minimum Gasteiger partial charge on any atom is -0.339 e. The van der Waals surface area contributed by atoms with Crippen molar-refractivity contribution in [2.24, 2.45) is 0 Å². The van der Waals surface area contributed by atoms with Crippen LogP contribution in [0.2, 0.25) is 0 Å². The summed E-state index contributed by atoms with van der Waals surface area (Å²) >= 11 is 0. The third-order valence-electron chi connectivity index (χ3n) is 4.63. The molecular weight excluding hydrogens is 317 g/mol. The number of benzene rings is 1. The molecule has 1 amide bonds. The van der Waals surface area contributed by atoms with Crippen molar-refractivity contribution in [3.8, 4) is 11.3 Å². The van der Waals surface area contributed by atoms with Gasteiger partial charge in [0.1, 0.15) is 5.82 Å². The van der Waals surface area contributed by atoms with Crippen molar-refractivity contribution in [1.29, 1.82) is 0 Å². The Bertz CT molecular complexity index is 935. The van der Waals surface area contributed by atoms with E-state index < -0.39 is 0 Å². The Morgan fingerprint density at radius 1 is 1.04 bits per heavy atom. The van der Waals surface area contributed by atoms with Crippen molar-refractivity contribution in [3.63, 3.8) is 0 Å². The van der Waals surface area contributed by atoms with Crippen molar-refractivity contribution in [2.45, 2.75) is 19.3 Å². The van der Waals surface area contributed by atoms with E-state index in [-0.39, 0.29) is 11.7 Å². The van der Waals surface area contributed by atoms with Crippen LogP contribution in [0.1, 0.15) is 29.6 Å². The number of carbonyl (C=O) groups excluding carboxylic acids is 1. The average molecular weight is 335 g/mol. The summed E-state index contributed by atoms with van der Waals surface area (Å²) in [5, 5.41) is 0.432. The molecule has 2 aromatic heterocycles. The van der Waals surface area contributed by atoms with E-state index in [4.69, 9.17) is 0 Å². The van der Waals surface area contributed by atoms with Gasteiger partial charge in [-0.15, -0.1) is 0 Å². The van der Waals surface area contributed by atoms with Crippen molar-refractivity contribution in [2.75, 3.05) is 13.1 Å². The second kappa shape index (κ2) is 6.59. The monoisotopic (exact) mass is 335 g/mol. The third kappa shape index (κ3) is 2.97. The van der Waals surface area contributed by atoms with Gasteiger partial charge in [-0.05, 0) is 49.6 Å². The Balaban J connectivity index is 1.78. The van der Waals surface area contributed by atoms with Gasteiger partial charge in [0.05, 0.1) is 16.8 Å². The van der Waals surface area contributed by atoms with Crippen molar-refractivity contribution < 1.29 is 9.18 Å². The normalized spacial score (nSPS) is 14.7. The number of fused-ring (bicyclic) bond motifs is 1. The SMILES string of the molecule is O=C(c1cccnc1-c1cnc2cccc(F)c2c1)N1CCCCC1. The summed E-state index contributed by atoms with van der Waals surface area (Å²) < 4.78 is 14.1. The quantitative estimate of drug-likeness (QED) is 0.709. The predicted octanol–water partition coefficient (Wildman–Crippen LogP) is 4.06. The zero-order chi connectivity index (χ0) is 17.2. The Labute approximate surface area is 145 Å². The van der Waals surface area contributed by atoms with Gasteiger partial charge in [-0.3, -0.25) is 14.8 Å². The molecule has 0 radical (unpaired) electrons. The molecule has 4 nitrogen and oxygen atoms in total. The van der Waals surface area contributed by atoms with E-state index in [1.165, 1.54) is 6.07 Å². The molecule has 0 spiro atoms. The standard InChI is InChI=1S/C20H18FN3O/c21-17-7-4-8-18-16(17)12-14(13-23-18)19-15(6-5-9-22-19)20(25)24-10-2-1-3-11-24/h4-9,12-13H,1-3,10-11H2. The number of pyridine rings is 2. The highest BCUT2D eigenvalue weighted by molar-refractivity contribution is 6.00. The Morgan fingerprint density at radius 2 is 1.88 bits per heavy atom. The molecule has 0 saturated carbocycles. The molecule has 5 heteroatoms. The first-order chi connectivity index (χ1) is 12.2. The van der Waals surface area contributed by atoms with Gasteiger partial charge in [0.2, 0.25) is 0 Å². The fourth-order valence-electron chi connectivity index (χ4n) is 3.32. The number of likely N-dealkylation sites (tertiary alicyclic amines) is 1. The molecule has 0 atom stereocenters. The minimum absolute atomic E-state index is 0.0172. The largest absolute Gasteiger partial charge is 0.339 e. The Kier molecular flexibility index (Phi) is 4.14. The third-order valence-corrected chi connectivity index (χ3v) is 4.63. The van der Waals surface area contributed by atoms with Gasteiger partial charge >= 0.3 is 0 Å². The van der Waals surface area contributed by atoms with E-state index in [2.05, 4.69) is 9.97 Å². The molecule has 1 aromatic carbocycles. The number of hydrogen-bond acceptors (Lipinski definition) is 3. The van der Waals surface area contributed by atoms with Crippen LogP contribution in [0.25, 0.3) is 22.2 Å². The summed E-state index contributed by atoms with van der Waals surface area (Å²) in [7, 11) is 0. The molecule has 0 aliphatic carbocycles. The summed E-state index contributed by atoms with van der Waals surface area (Å²) in [5.41, 5.74) is 2.33. The highest BCUT2D eigenvalue weighted by atomic mass is 19.1. The van der Waals surface area contributed by atoms with Crippen LogP contribution in [-0.4, -0.2) is 33.9 Å². The summed E-state index contributed by atoms with van der Waals surface area (Å²) in [6.07, 6.45) is 6.52. The van der Waals surface area contributed by atoms with Crippen molar-refractivity contribution in [3.05, 3.63) is 60.2 Å². The topological polar surface area (TPSA) is 46.1 Å². The lowest BCUT2D eigenvalue weighted by atomic mass is 10.0. The first-order valence-electron chi connectivity index (χ1n) is 8.53. The van der Waals surface area contributed by atoms with Crippen LogP contribution in [0.15, 0.2) is 48.8 Å². The number of hydrogen-bond donors (Lipinski definition) is 0. The molecule has 1 saturated heterocycles. The minimum atomic E-state index is -0.327. The van der Waals surface area contributed by atoms with Gasteiger partial charge in [-0.25, -0.2) is 4.39 Å². The maximum absolute atomic E-state index is 14.1. The molecule has 1 aliphatic rings. The summed E-state index contributed by atoms with van der Waals surface area (Å²) in [6, 6.07) is 10.1. The van der Waals surface area contributed by atoms with E-state index in [1.54, 1.807) is 42.7 Å². The number of amides is 1. The molecule has 25 heavy (non-hydrogen) atoms. The van der Waals surface area contributed by atoms with Gasteiger partial charge in [0, 0.05) is 36.4 Å². The van der Waals surface area contributed by atoms with E-state index >= 15 is 0 Å². The molecule has 1 aliphatic heterocycles. The van der Waals surface area contributed by atoms with Crippen LogP contribution in [0.5, 0.6) is 0 Å². The fourth-order valence-corrected chi connectivity index (χ4v) is 3.32. The fraction of sp³-hybridized carbons (Fsp3) is 0.250. The second-order valence-electron chi connectivity index (χ2n) is 6.28. The Hall–Kier alpha value is -2.82. The molecule has 1 fully saturated rings. The average Bonchev–Trinajstić information content (AvgIpc) is 2.68. The summed E-state index contributed by atoms with van der Waals surface area (Å²) in [5.74, 6) is -0.344. The molecule has 0 N–H and O–H groups in total. The number of halogens is 1. The zero-order valence-electron chi connectivity index (χ0n) is 13.8. The maximum atomic E-state index is 14.1. The number of nitrogens with zero attached hydrogens (tertiary/aromatic N) is 3. The molecule has 3 heterocycles. The summed E-state index contributed by atoms with van der Waals surface area (Å²) in [4.78, 5) is 23.5. The van der Waals surface area contributed by atoms with Crippen LogP contribution >= 0.6 is 0 Å². The zero-order valence-corrected chi connectivity index (χ0v) is 13.8. The first kappa shape index (κ1) is 15.7. The Morgan fingerprint density at radius 3 is 2.72 bits per heavy atom. The first-order valence-corrected chi connectivity index (χ1v) is 8.53. The van der Waals surface area contributed by atoms with E-state index in [1.807, 2.05) is 4.90 Å². The van der Waals surface area contributed by atoms with Crippen LogP contribution in [-0.2, 0) is 0 Å². The molecule has 0 unspecified atom stereocenters. The number of aromatic nitrogens is 2. The van der Waals surface area contributed by atoms with Crippen molar-refractivity contribution in [1.82, 2.24) is 14.9 Å². The molecular formula is C20H18FN3O. The van der Waals surface area contributed by atoms with E-state index in [0.717, 1.165) is 32.4 Å². The molecule has 4 rings (SSSR count). The van der Waals surface area contributed by atoms with Crippen LogP contribution in [0, 0.1) is 5.82 Å². The number of piperidine rings is 1. The van der Waals surface area contributed by atoms with Crippen molar-refractivity contribution >= 4 is 16.8 Å². The lowest BCUT2D eigenvalue weighted by Crippen LogP contribution is -2.35. The number of rotatable bonds is 2. The van der Waals surface area contributed by atoms with Crippen LogP contribution in [0.4, 0.5) is 4.39 Å². The van der Waals surface area contributed by atoms with Gasteiger partial charge in [0.25, 0.3) is 5.91 Å². The summed E-state index contributed by atoms with van der Waals surface area (Å²) in [6.45, 7) is 1.55. The van der Waals surface area contributed by atoms with E-state index in [0.29, 0.717) is 27.7 Å². The molecule has 0 bridgehead atoms.